The second-order valence-corrected chi connectivity index (χ2v) is 7.14. The summed E-state index contributed by atoms with van der Waals surface area (Å²) >= 11 is 0. The van der Waals surface area contributed by atoms with Crippen LogP contribution in [0.3, 0.4) is 0 Å². The number of fused-ring (bicyclic) bond motifs is 3. The molecular weight excluding hydrogens is 412 g/mol. The van der Waals surface area contributed by atoms with E-state index in [-0.39, 0.29) is 12.6 Å². The molecule has 4 aromatic rings. The van der Waals surface area contributed by atoms with Crippen LogP contribution in [0, 0.1) is 0 Å². The van der Waals surface area contributed by atoms with Crippen molar-refractivity contribution in [3.63, 3.8) is 0 Å². The minimum Gasteiger partial charge on any atom is -0.493 e. The van der Waals surface area contributed by atoms with E-state index < -0.39 is 0 Å². The first-order chi connectivity index (χ1) is 15.6. The van der Waals surface area contributed by atoms with Gasteiger partial charge in [0.2, 0.25) is 11.7 Å². The number of rotatable bonds is 9. The Labute approximate surface area is 184 Å². The number of methoxy groups -OCH3 is 3. The molecular formula is C22H26N6O4. The molecule has 10 nitrogen and oxygen atoms in total. The number of nitrogens with one attached hydrogen (secondary N) is 1. The van der Waals surface area contributed by atoms with Crippen molar-refractivity contribution in [2.75, 3.05) is 45.5 Å². The van der Waals surface area contributed by atoms with Gasteiger partial charge in [0.15, 0.2) is 17.1 Å². The Hall–Kier alpha value is -3.79. The Balaban J connectivity index is 1.82. The van der Waals surface area contributed by atoms with E-state index in [1.165, 1.54) is 0 Å². The minimum atomic E-state index is 0.135. The van der Waals surface area contributed by atoms with Crippen molar-refractivity contribution in [1.29, 1.82) is 0 Å². The van der Waals surface area contributed by atoms with Gasteiger partial charge in [0, 0.05) is 36.2 Å². The lowest BCUT2D eigenvalue weighted by molar-refractivity contribution is 0.292. The van der Waals surface area contributed by atoms with Gasteiger partial charge >= 0.3 is 0 Å². The Bertz CT molecular complexity index is 1260. The van der Waals surface area contributed by atoms with E-state index in [0.29, 0.717) is 48.1 Å². The summed E-state index contributed by atoms with van der Waals surface area (Å²) in [7, 11) is 4.73. The highest BCUT2D eigenvalue weighted by atomic mass is 16.5. The normalized spacial score (nSPS) is 11.1. The fourth-order valence-corrected chi connectivity index (χ4v) is 3.69. The van der Waals surface area contributed by atoms with Gasteiger partial charge in [-0.1, -0.05) is 6.07 Å². The summed E-state index contributed by atoms with van der Waals surface area (Å²) in [6.45, 7) is 0.799. The van der Waals surface area contributed by atoms with Crippen LogP contribution in [0.2, 0.25) is 0 Å². The van der Waals surface area contributed by atoms with E-state index in [4.69, 9.17) is 30.0 Å². The molecule has 0 spiro atoms. The Morgan fingerprint density at radius 3 is 2.56 bits per heavy atom. The van der Waals surface area contributed by atoms with E-state index in [2.05, 4.69) is 15.4 Å². The molecule has 4 N–H and O–H groups in total. The van der Waals surface area contributed by atoms with Gasteiger partial charge in [-0.3, -0.25) is 0 Å². The molecule has 10 heteroatoms. The Kier molecular flexibility index (Phi) is 6.13. The second-order valence-electron chi connectivity index (χ2n) is 7.14. The van der Waals surface area contributed by atoms with Crippen molar-refractivity contribution < 1.29 is 19.3 Å². The van der Waals surface area contributed by atoms with E-state index in [9.17, 15) is 0 Å². The SMILES string of the molecule is COc1ccc(Cc2nc3cc(NCCCO)ccc3c3nc(N)nn23)c(OC)c1OC. The van der Waals surface area contributed by atoms with Crippen molar-refractivity contribution in [2.24, 2.45) is 0 Å². The van der Waals surface area contributed by atoms with Gasteiger partial charge in [0.05, 0.1) is 26.8 Å². The van der Waals surface area contributed by atoms with Crippen LogP contribution in [0.15, 0.2) is 30.3 Å². The lowest BCUT2D eigenvalue weighted by Crippen LogP contribution is -2.07. The number of nitrogens with zero attached hydrogens (tertiary/aromatic N) is 4. The Morgan fingerprint density at radius 2 is 1.84 bits per heavy atom. The number of hydrogen-bond donors (Lipinski definition) is 3. The standard InChI is InChI=1S/C22H26N6O4/c1-30-17-8-5-13(19(31-2)20(17)32-3)11-18-25-16-12-14(24-9-4-10-29)6-7-15(16)21-26-22(23)27-28(18)21/h5-8,12,24,29H,4,9-11H2,1-3H3,(H2,23,27). The van der Waals surface area contributed by atoms with Gasteiger partial charge in [-0.15, -0.1) is 5.10 Å². The molecule has 2 aromatic carbocycles. The van der Waals surface area contributed by atoms with E-state index in [1.807, 2.05) is 30.3 Å². The zero-order valence-electron chi connectivity index (χ0n) is 18.3. The molecule has 168 valence electrons. The highest BCUT2D eigenvalue weighted by Crippen LogP contribution is 2.40. The molecule has 0 saturated carbocycles. The molecule has 2 heterocycles. The summed E-state index contributed by atoms with van der Waals surface area (Å²) in [6, 6.07) is 9.57. The number of nitrogen functional groups attached to an aromatic ring is 1. The number of aromatic nitrogens is 4. The molecule has 0 amide bonds. The van der Waals surface area contributed by atoms with Crippen LogP contribution in [0.4, 0.5) is 11.6 Å². The summed E-state index contributed by atoms with van der Waals surface area (Å²) in [5.41, 5.74) is 9.07. The van der Waals surface area contributed by atoms with Gasteiger partial charge < -0.3 is 30.4 Å². The molecule has 0 saturated heterocycles. The number of hydrogen-bond acceptors (Lipinski definition) is 9. The van der Waals surface area contributed by atoms with Crippen LogP contribution in [0.25, 0.3) is 16.6 Å². The summed E-state index contributed by atoms with van der Waals surface area (Å²) < 4.78 is 18.2. The maximum Gasteiger partial charge on any atom is 0.240 e. The average molecular weight is 438 g/mol. The minimum absolute atomic E-state index is 0.135. The number of aliphatic hydroxyl groups is 1. The molecule has 0 aliphatic heterocycles. The van der Waals surface area contributed by atoms with Gasteiger partial charge in [0.1, 0.15) is 5.82 Å². The molecule has 0 bridgehead atoms. The van der Waals surface area contributed by atoms with Crippen LogP contribution in [0.5, 0.6) is 17.2 Å². The molecule has 0 radical (unpaired) electrons. The van der Waals surface area contributed by atoms with Crippen LogP contribution >= 0.6 is 0 Å². The predicted octanol–water partition coefficient (Wildman–Crippen LogP) is 2.27. The lowest BCUT2D eigenvalue weighted by Gasteiger charge is -2.16. The predicted molar refractivity (Wildman–Crippen MR) is 122 cm³/mol. The largest absolute Gasteiger partial charge is 0.493 e. The summed E-state index contributed by atoms with van der Waals surface area (Å²) in [5, 5.41) is 17.5. The third-order valence-electron chi connectivity index (χ3n) is 5.15. The van der Waals surface area contributed by atoms with Crippen LogP contribution in [0.1, 0.15) is 17.8 Å². The van der Waals surface area contributed by atoms with Gasteiger partial charge in [-0.05, 0) is 30.7 Å². The zero-order valence-corrected chi connectivity index (χ0v) is 18.3. The Morgan fingerprint density at radius 1 is 1.03 bits per heavy atom. The van der Waals surface area contributed by atoms with Crippen molar-refractivity contribution in [1.82, 2.24) is 19.6 Å². The number of nitrogens with two attached hydrogens (primary N) is 1. The molecule has 2 aromatic heterocycles. The van der Waals surface area contributed by atoms with Gasteiger partial charge in [-0.25, -0.2) is 4.98 Å². The lowest BCUT2D eigenvalue weighted by atomic mass is 10.1. The molecule has 32 heavy (non-hydrogen) atoms. The summed E-state index contributed by atoms with van der Waals surface area (Å²) in [5.74, 6) is 2.47. The zero-order chi connectivity index (χ0) is 22.7. The third kappa shape index (κ3) is 3.92. The molecule has 0 aliphatic rings. The number of benzene rings is 2. The average Bonchev–Trinajstić information content (AvgIpc) is 3.20. The van der Waals surface area contributed by atoms with E-state index in [0.717, 1.165) is 22.2 Å². The fraction of sp³-hybridized carbons (Fsp3) is 0.318. The second kappa shape index (κ2) is 9.15. The first-order valence-corrected chi connectivity index (χ1v) is 10.2. The number of anilines is 2. The van der Waals surface area contributed by atoms with Crippen LogP contribution in [-0.2, 0) is 6.42 Å². The highest BCUT2D eigenvalue weighted by molar-refractivity contribution is 5.93. The fourth-order valence-electron chi connectivity index (χ4n) is 3.69. The first-order valence-electron chi connectivity index (χ1n) is 10.2. The smallest absolute Gasteiger partial charge is 0.240 e. The van der Waals surface area contributed by atoms with Crippen molar-refractivity contribution >= 4 is 28.2 Å². The molecule has 0 unspecified atom stereocenters. The first kappa shape index (κ1) is 21.4. The molecule has 0 aliphatic carbocycles. The van der Waals surface area contributed by atoms with Crippen molar-refractivity contribution in [3.05, 3.63) is 41.7 Å². The van der Waals surface area contributed by atoms with Crippen molar-refractivity contribution in [3.8, 4) is 17.2 Å². The number of ether oxygens (including phenoxy) is 3. The highest BCUT2D eigenvalue weighted by Gasteiger charge is 2.19. The van der Waals surface area contributed by atoms with Gasteiger partial charge in [0.25, 0.3) is 0 Å². The molecule has 4 rings (SSSR count). The summed E-state index contributed by atoms with van der Waals surface area (Å²) in [4.78, 5) is 9.27. The molecule has 0 atom stereocenters. The van der Waals surface area contributed by atoms with Gasteiger partial charge in [-0.2, -0.15) is 9.50 Å². The maximum absolute atomic E-state index is 9.02. The third-order valence-corrected chi connectivity index (χ3v) is 5.15. The maximum atomic E-state index is 9.02. The topological polar surface area (TPSA) is 129 Å². The van der Waals surface area contributed by atoms with Crippen molar-refractivity contribution in [2.45, 2.75) is 12.8 Å². The summed E-state index contributed by atoms with van der Waals surface area (Å²) in [6.07, 6.45) is 1.07. The van der Waals surface area contributed by atoms with Crippen LogP contribution in [-0.4, -0.2) is 59.2 Å². The monoisotopic (exact) mass is 438 g/mol. The number of aliphatic hydroxyl groups excluding tert-OH is 1. The van der Waals surface area contributed by atoms with E-state index in [1.54, 1.807) is 25.8 Å². The quantitative estimate of drug-likeness (QED) is 0.337. The van der Waals surface area contributed by atoms with E-state index >= 15 is 0 Å². The van der Waals surface area contributed by atoms with Crippen LogP contribution < -0.4 is 25.3 Å². The molecule has 0 fully saturated rings.